The van der Waals surface area contributed by atoms with Gasteiger partial charge in [0.15, 0.2) is 0 Å². The summed E-state index contributed by atoms with van der Waals surface area (Å²) >= 11 is 2.23. The number of hydrogen-bond acceptors (Lipinski definition) is 1. The lowest BCUT2D eigenvalue weighted by atomic mass is 10.2. The van der Waals surface area contributed by atoms with E-state index in [-0.39, 0.29) is 6.10 Å². The third kappa shape index (κ3) is 3.92. The molecule has 0 aliphatic rings. The summed E-state index contributed by atoms with van der Waals surface area (Å²) in [5.41, 5.74) is 1.29. The molecule has 1 nitrogen and oxygen atoms in total. The van der Waals surface area contributed by atoms with E-state index in [4.69, 9.17) is 4.74 Å². The van der Waals surface area contributed by atoms with Gasteiger partial charge in [0.2, 0.25) is 0 Å². The molecule has 0 spiro atoms. The van der Waals surface area contributed by atoms with E-state index in [1.54, 1.807) is 0 Å². The number of halogens is 1. The minimum absolute atomic E-state index is 0.284. The van der Waals surface area contributed by atoms with E-state index in [0.717, 1.165) is 6.61 Å². The van der Waals surface area contributed by atoms with Gasteiger partial charge in [-0.1, -0.05) is 22.6 Å². The topological polar surface area (TPSA) is 9.23 Å². The molecule has 0 aliphatic carbocycles. The molecule has 0 saturated carbocycles. The Balaban J connectivity index is 3.59. The molecule has 0 rings (SSSR count). The van der Waals surface area contributed by atoms with Crippen molar-refractivity contribution in [3.8, 4) is 0 Å². The molecule has 0 aromatic rings. The summed E-state index contributed by atoms with van der Waals surface area (Å²) in [6.07, 6.45) is 0.284. The highest BCUT2D eigenvalue weighted by Gasteiger charge is 2.00. The fourth-order valence-electron chi connectivity index (χ4n) is 0.470. The summed E-state index contributed by atoms with van der Waals surface area (Å²) < 4.78 is 7.38. The summed E-state index contributed by atoms with van der Waals surface area (Å²) in [5, 5.41) is 0. The second-order valence-corrected chi connectivity index (χ2v) is 2.57. The van der Waals surface area contributed by atoms with Crippen LogP contribution in [-0.2, 0) is 4.74 Å². The van der Waals surface area contributed by atoms with Gasteiger partial charge in [0.1, 0.15) is 0 Å². The third-order valence-electron chi connectivity index (χ3n) is 1.23. The molecule has 0 saturated heterocycles. The van der Waals surface area contributed by atoms with Crippen LogP contribution >= 0.6 is 22.6 Å². The Morgan fingerprint density at radius 1 is 1.78 bits per heavy atom. The molecule has 1 atom stereocenters. The number of rotatable bonds is 3. The first-order valence-electron chi connectivity index (χ1n) is 3.10. The summed E-state index contributed by atoms with van der Waals surface area (Å²) in [6, 6.07) is 0. The zero-order chi connectivity index (χ0) is 7.28. The summed E-state index contributed by atoms with van der Waals surface area (Å²) in [7, 11) is 0. The fraction of sp³-hybridized carbons (Fsp3) is 0.714. The lowest BCUT2D eigenvalue weighted by Gasteiger charge is -2.10. The molecule has 0 radical (unpaired) electrons. The Bertz CT molecular complexity index is 99.1. The van der Waals surface area contributed by atoms with Crippen LogP contribution in [-0.4, -0.2) is 12.7 Å². The predicted octanol–water partition coefficient (Wildman–Crippen LogP) is 2.75. The monoisotopic (exact) mass is 240 g/mol. The van der Waals surface area contributed by atoms with E-state index in [9.17, 15) is 0 Å². The van der Waals surface area contributed by atoms with Crippen molar-refractivity contribution in [2.24, 2.45) is 0 Å². The van der Waals surface area contributed by atoms with Gasteiger partial charge in [0.25, 0.3) is 0 Å². The smallest absolute Gasteiger partial charge is 0.0761 e. The van der Waals surface area contributed by atoms with Crippen LogP contribution in [0.5, 0.6) is 0 Å². The van der Waals surface area contributed by atoms with Crippen molar-refractivity contribution in [2.75, 3.05) is 6.61 Å². The van der Waals surface area contributed by atoms with Crippen molar-refractivity contribution in [1.29, 1.82) is 0 Å². The van der Waals surface area contributed by atoms with Crippen molar-refractivity contribution in [3.63, 3.8) is 0 Å². The Hall–Kier alpha value is 0.430. The van der Waals surface area contributed by atoms with Gasteiger partial charge < -0.3 is 4.74 Å². The summed E-state index contributed by atoms with van der Waals surface area (Å²) in [4.78, 5) is 0. The van der Waals surface area contributed by atoms with Crippen LogP contribution in [0.2, 0.25) is 0 Å². The van der Waals surface area contributed by atoms with E-state index >= 15 is 0 Å². The SMILES string of the molecule is CCO[C@H](C)/C(C)=C\I. The maximum absolute atomic E-state index is 5.32. The van der Waals surface area contributed by atoms with Gasteiger partial charge in [-0.15, -0.1) is 0 Å². The highest BCUT2D eigenvalue weighted by atomic mass is 127. The number of hydrogen-bond donors (Lipinski definition) is 0. The van der Waals surface area contributed by atoms with Crippen molar-refractivity contribution in [1.82, 2.24) is 0 Å². The molecule has 0 fully saturated rings. The molecule has 0 aromatic carbocycles. The Kier molecular flexibility index (Phi) is 5.48. The van der Waals surface area contributed by atoms with Gasteiger partial charge >= 0.3 is 0 Å². The zero-order valence-electron chi connectivity index (χ0n) is 6.15. The van der Waals surface area contributed by atoms with E-state index < -0.39 is 0 Å². The molecular weight excluding hydrogens is 227 g/mol. The van der Waals surface area contributed by atoms with Gasteiger partial charge in [-0.2, -0.15) is 0 Å². The average Bonchev–Trinajstić information content (AvgIpc) is 1.87. The quantitative estimate of drug-likeness (QED) is 0.689. The van der Waals surface area contributed by atoms with Crippen LogP contribution in [0.3, 0.4) is 0 Å². The highest BCUT2D eigenvalue weighted by Crippen LogP contribution is 2.06. The summed E-state index contributed by atoms with van der Waals surface area (Å²) in [5.74, 6) is 0. The Morgan fingerprint density at radius 2 is 2.33 bits per heavy atom. The molecule has 2 heteroatoms. The molecule has 0 N–H and O–H groups in total. The standard InChI is InChI=1S/C7H13IO/c1-4-9-7(3)6(2)5-8/h5,7H,4H2,1-3H3/b6-5-/t7-/m1/s1. The molecule has 0 aromatic heterocycles. The van der Waals surface area contributed by atoms with Gasteiger partial charge in [-0.25, -0.2) is 0 Å². The van der Waals surface area contributed by atoms with E-state index in [1.807, 2.05) is 6.92 Å². The van der Waals surface area contributed by atoms with Gasteiger partial charge in [0.05, 0.1) is 6.10 Å². The maximum Gasteiger partial charge on any atom is 0.0761 e. The molecular formula is C7H13IO. The molecule has 0 unspecified atom stereocenters. The lowest BCUT2D eigenvalue weighted by molar-refractivity contribution is 0.102. The maximum atomic E-state index is 5.32. The summed E-state index contributed by atoms with van der Waals surface area (Å²) in [6.45, 7) is 6.95. The van der Waals surface area contributed by atoms with E-state index in [2.05, 4.69) is 40.5 Å². The van der Waals surface area contributed by atoms with Gasteiger partial charge in [0, 0.05) is 6.61 Å². The first-order chi connectivity index (χ1) is 4.22. The molecule has 0 bridgehead atoms. The average molecular weight is 240 g/mol. The van der Waals surface area contributed by atoms with Crippen LogP contribution in [0.25, 0.3) is 0 Å². The van der Waals surface area contributed by atoms with Crippen LogP contribution in [0.1, 0.15) is 20.8 Å². The fourth-order valence-corrected chi connectivity index (χ4v) is 0.977. The van der Waals surface area contributed by atoms with Crippen LogP contribution < -0.4 is 0 Å². The normalized spacial score (nSPS) is 15.8. The highest BCUT2D eigenvalue weighted by molar-refractivity contribution is 14.1. The Morgan fingerprint density at radius 3 is 2.67 bits per heavy atom. The molecule has 0 aliphatic heterocycles. The largest absolute Gasteiger partial charge is 0.374 e. The van der Waals surface area contributed by atoms with E-state index in [0.29, 0.717) is 0 Å². The van der Waals surface area contributed by atoms with Crippen molar-refractivity contribution >= 4 is 22.6 Å². The van der Waals surface area contributed by atoms with Crippen molar-refractivity contribution in [3.05, 3.63) is 9.66 Å². The Labute approximate surface area is 70.6 Å². The molecule has 0 heterocycles. The first-order valence-corrected chi connectivity index (χ1v) is 4.35. The van der Waals surface area contributed by atoms with Crippen LogP contribution in [0.4, 0.5) is 0 Å². The minimum Gasteiger partial charge on any atom is -0.374 e. The van der Waals surface area contributed by atoms with Crippen molar-refractivity contribution in [2.45, 2.75) is 26.9 Å². The van der Waals surface area contributed by atoms with Gasteiger partial charge in [-0.05, 0) is 30.4 Å². The van der Waals surface area contributed by atoms with E-state index in [1.165, 1.54) is 5.57 Å². The molecule has 0 amide bonds. The predicted molar refractivity (Wildman–Crippen MR) is 48.9 cm³/mol. The zero-order valence-corrected chi connectivity index (χ0v) is 8.31. The molecule has 54 valence electrons. The number of ether oxygens (including phenoxy) is 1. The minimum atomic E-state index is 0.284. The second-order valence-electron chi connectivity index (χ2n) is 1.95. The van der Waals surface area contributed by atoms with Gasteiger partial charge in [-0.3, -0.25) is 0 Å². The lowest BCUT2D eigenvalue weighted by Crippen LogP contribution is -2.08. The third-order valence-corrected chi connectivity index (χ3v) is 2.21. The van der Waals surface area contributed by atoms with Crippen LogP contribution in [0, 0.1) is 0 Å². The second kappa shape index (κ2) is 5.23. The molecule has 9 heavy (non-hydrogen) atoms. The first kappa shape index (κ1) is 9.43. The van der Waals surface area contributed by atoms with Crippen molar-refractivity contribution < 1.29 is 4.74 Å². The van der Waals surface area contributed by atoms with Crippen LogP contribution in [0.15, 0.2) is 9.66 Å².